The van der Waals surface area contributed by atoms with Crippen LogP contribution < -0.4 is 15.2 Å². The molecule has 0 radical (unpaired) electrons. The van der Waals surface area contributed by atoms with Gasteiger partial charge in [-0.25, -0.2) is 4.39 Å². The highest BCUT2D eigenvalue weighted by atomic mass is 32.1. The average molecular weight is 305 g/mol. The van der Waals surface area contributed by atoms with Gasteiger partial charge in [0, 0.05) is 6.07 Å². The Morgan fingerprint density at radius 2 is 2.00 bits per heavy atom. The van der Waals surface area contributed by atoms with Crippen LogP contribution in [0.5, 0.6) is 11.5 Å². The highest BCUT2D eigenvalue weighted by Crippen LogP contribution is 2.22. The van der Waals surface area contributed by atoms with Gasteiger partial charge in [0.2, 0.25) is 0 Å². The zero-order valence-corrected chi connectivity index (χ0v) is 12.7. The van der Waals surface area contributed by atoms with Gasteiger partial charge < -0.3 is 15.2 Å². The molecule has 110 valence electrons. The lowest BCUT2D eigenvalue weighted by Gasteiger charge is -2.11. The van der Waals surface area contributed by atoms with Crippen LogP contribution in [0.25, 0.3) is 0 Å². The van der Waals surface area contributed by atoms with E-state index in [1.165, 1.54) is 6.07 Å². The molecule has 0 fully saturated rings. The van der Waals surface area contributed by atoms with Gasteiger partial charge in [-0.2, -0.15) is 0 Å². The smallest absolute Gasteiger partial charge is 0.129 e. The molecule has 21 heavy (non-hydrogen) atoms. The van der Waals surface area contributed by atoms with Crippen LogP contribution in [0.15, 0.2) is 36.4 Å². The summed E-state index contributed by atoms with van der Waals surface area (Å²) in [5.41, 5.74) is 7.78. The molecular weight excluding hydrogens is 289 g/mol. The van der Waals surface area contributed by atoms with Gasteiger partial charge in [-0.1, -0.05) is 24.4 Å². The van der Waals surface area contributed by atoms with Crippen molar-refractivity contribution in [2.45, 2.75) is 13.5 Å². The third-order valence-corrected chi connectivity index (χ3v) is 3.30. The topological polar surface area (TPSA) is 44.5 Å². The second kappa shape index (κ2) is 6.54. The second-order valence-electron chi connectivity index (χ2n) is 4.60. The molecule has 2 rings (SSSR count). The number of hydrogen-bond acceptors (Lipinski definition) is 3. The minimum Gasteiger partial charge on any atom is -0.496 e. The summed E-state index contributed by atoms with van der Waals surface area (Å²) in [5.74, 6) is 0.810. The van der Waals surface area contributed by atoms with E-state index in [4.69, 9.17) is 27.4 Å². The summed E-state index contributed by atoms with van der Waals surface area (Å²) in [6, 6.07) is 10.2. The highest BCUT2D eigenvalue weighted by molar-refractivity contribution is 7.80. The van der Waals surface area contributed by atoms with Gasteiger partial charge in [-0.05, 0) is 36.2 Å². The average Bonchev–Trinajstić information content (AvgIpc) is 2.48. The lowest BCUT2D eigenvalue weighted by molar-refractivity contribution is 0.304. The van der Waals surface area contributed by atoms with E-state index < -0.39 is 0 Å². The Kier molecular flexibility index (Phi) is 4.75. The van der Waals surface area contributed by atoms with E-state index in [9.17, 15) is 4.39 Å². The van der Waals surface area contributed by atoms with Crippen LogP contribution in [-0.2, 0) is 6.61 Å². The van der Waals surface area contributed by atoms with Gasteiger partial charge in [-0.3, -0.25) is 0 Å². The van der Waals surface area contributed by atoms with Gasteiger partial charge in [0.25, 0.3) is 0 Å². The number of benzene rings is 2. The maximum atomic E-state index is 13.4. The molecule has 0 saturated carbocycles. The molecule has 5 heteroatoms. The van der Waals surface area contributed by atoms with E-state index in [-0.39, 0.29) is 10.8 Å². The summed E-state index contributed by atoms with van der Waals surface area (Å²) in [6.45, 7) is 2.00. The summed E-state index contributed by atoms with van der Waals surface area (Å²) in [7, 11) is 1.56. The normalized spacial score (nSPS) is 10.2. The fourth-order valence-electron chi connectivity index (χ4n) is 1.87. The first-order valence-corrected chi connectivity index (χ1v) is 6.77. The van der Waals surface area contributed by atoms with Crippen LogP contribution in [0, 0.1) is 12.7 Å². The zero-order valence-electron chi connectivity index (χ0n) is 11.9. The van der Waals surface area contributed by atoms with Crippen molar-refractivity contribution in [1.29, 1.82) is 0 Å². The van der Waals surface area contributed by atoms with Crippen molar-refractivity contribution < 1.29 is 13.9 Å². The summed E-state index contributed by atoms with van der Waals surface area (Å²) < 4.78 is 24.2. The lowest BCUT2D eigenvalue weighted by Crippen LogP contribution is -2.12. The largest absolute Gasteiger partial charge is 0.496 e. The van der Waals surface area contributed by atoms with Crippen LogP contribution in [0.1, 0.15) is 16.7 Å². The predicted molar refractivity (Wildman–Crippen MR) is 84.4 cm³/mol. The monoisotopic (exact) mass is 305 g/mol. The van der Waals surface area contributed by atoms with Crippen molar-refractivity contribution in [3.8, 4) is 11.5 Å². The fraction of sp³-hybridized carbons (Fsp3) is 0.188. The standard InChI is InChI=1S/C16H16FNO2S/c1-10-3-5-12(8-14(10)17)20-9-11-4-6-15(19-2)13(7-11)16(18)21/h3-8H,9H2,1-2H3,(H2,18,21). The van der Waals surface area contributed by atoms with Crippen molar-refractivity contribution in [1.82, 2.24) is 0 Å². The van der Waals surface area contributed by atoms with E-state index >= 15 is 0 Å². The molecule has 0 spiro atoms. The molecule has 0 aliphatic carbocycles. The van der Waals surface area contributed by atoms with Crippen LogP contribution in [0.4, 0.5) is 4.39 Å². The van der Waals surface area contributed by atoms with E-state index in [1.807, 2.05) is 12.1 Å². The first kappa shape index (κ1) is 15.3. The molecule has 0 amide bonds. The number of ether oxygens (including phenoxy) is 2. The van der Waals surface area contributed by atoms with Crippen LogP contribution in [0.2, 0.25) is 0 Å². The van der Waals surface area contributed by atoms with E-state index in [0.717, 1.165) is 5.56 Å². The Balaban J connectivity index is 2.14. The number of nitrogens with two attached hydrogens (primary N) is 1. The van der Waals surface area contributed by atoms with Crippen LogP contribution >= 0.6 is 12.2 Å². The van der Waals surface area contributed by atoms with Gasteiger partial charge in [0.1, 0.15) is 28.9 Å². The summed E-state index contributed by atoms with van der Waals surface area (Å²) in [6.07, 6.45) is 0. The first-order chi connectivity index (χ1) is 10.0. The van der Waals surface area contributed by atoms with E-state index in [0.29, 0.717) is 29.2 Å². The minimum absolute atomic E-state index is 0.259. The van der Waals surface area contributed by atoms with Gasteiger partial charge in [-0.15, -0.1) is 0 Å². The van der Waals surface area contributed by atoms with Crippen LogP contribution in [-0.4, -0.2) is 12.1 Å². The summed E-state index contributed by atoms with van der Waals surface area (Å²) in [5, 5.41) is 0. The highest BCUT2D eigenvalue weighted by Gasteiger charge is 2.08. The molecule has 2 aromatic rings. The SMILES string of the molecule is COc1ccc(COc2ccc(C)c(F)c2)cc1C(N)=S. The van der Waals surface area contributed by atoms with Crippen molar-refractivity contribution in [3.05, 3.63) is 58.9 Å². The van der Waals surface area contributed by atoms with Crippen LogP contribution in [0.3, 0.4) is 0 Å². The number of thiocarbonyl (C=S) groups is 1. The lowest BCUT2D eigenvalue weighted by atomic mass is 10.1. The molecule has 0 bridgehead atoms. The number of halogens is 1. The van der Waals surface area contributed by atoms with Crippen molar-refractivity contribution >= 4 is 17.2 Å². The summed E-state index contributed by atoms with van der Waals surface area (Å²) >= 11 is 4.99. The molecule has 3 nitrogen and oxygen atoms in total. The van der Waals surface area contributed by atoms with Gasteiger partial charge >= 0.3 is 0 Å². The third-order valence-electron chi connectivity index (χ3n) is 3.08. The predicted octanol–water partition coefficient (Wildman–Crippen LogP) is 3.36. The maximum absolute atomic E-state index is 13.4. The fourth-order valence-corrected chi connectivity index (χ4v) is 2.03. The molecule has 2 N–H and O–H groups in total. The van der Waals surface area contributed by atoms with E-state index in [1.54, 1.807) is 32.2 Å². The molecule has 2 aromatic carbocycles. The second-order valence-corrected chi connectivity index (χ2v) is 5.04. The Morgan fingerprint density at radius 1 is 1.24 bits per heavy atom. The molecule has 0 unspecified atom stereocenters. The Bertz CT molecular complexity index is 673. The minimum atomic E-state index is -0.286. The third kappa shape index (κ3) is 3.70. The van der Waals surface area contributed by atoms with Crippen molar-refractivity contribution in [2.75, 3.05) is 7.11 Å². The molecule has 0 aliphatic heterocycles. The summed E-state index contributed by atoms with van der Waals surface area (Å²) in [4.78, 5) is 0.259. The number of aryl methyl sites for hydroxylation is 1. The molecule has 0 heterocycles. The Hall–Kier alpha value is -2.14. The zero-order chi connectivity index (χ0) is 15.4. The number of hydrogen-bond donors (Lipinski definition) is 1. The Labute approximate surface area is 128 Å². The number of methoxy groups -OCH3 is 1. The maximum Gasteiger partial charge on any atom is 0.129 e. The van der Waals surface area contributed by atoms with Gasteiger partial charge in [0.05, 0.1) is 12.7 Å². The quantitative estimate of drug-likeness (QED) is 0.860. The number of rotatable bonds is 5. The molecule has 0 saturated heterocycles. The molecular formula is C16H16FNO2S. The molecule has 0 aliphatic rings. The van der Waals surface area contributed by atoms with Crippen molar-refractivity contribution in [2.24, 2.45) is 5.73 Å². The first-order valence-electron chi connectivity index (χ1n) is 6.37. The van der Waals surface area contributed by atoms with E-state index in [2.05, 4.69) is 0 Å². The molecule has 0 aromatic heterocycles. The molecule has 0 atom stereocenters. The van der Waals surface area contributed by atoms with Crippen molar-refractivity contribution in [3.63, 3.8) is 0 Å². The Morgan fingerprint density at radius 3 is 2.62 bits per heavy atom. The van der Waals surface area contributed by atoms with Gasteiger partial charge in [0.15, 0.2) is 0 Å².